The molecule has 0 atom stereocenters. The second-order valence-electron chi connectivity index (χ2n) is 5.96. The monoisotopic (exact) mass is 380 g/mol. The molecule has 0 aliphatic rings. The Kier molecular flexibility index (Phi) is 6.46. The number of carboxylic acid groups (broad SMARTS) is 1. The molecule has 3 rings (SSSR count). The molecule has 0 amide bonds. The van der Waals surface area contributed by atoms with Crippen molar-refractivity contribution in [2.75, 3.05) is 6.54 Å². The second-order valence-corrected chi connectivity index (χ2v) is 6.92. The zero-order chi connectivity index (χ0) is 19.1. The molecule has 0 radical (unpaired) electrons. The van der Waals surface area contributed by atoms with E-state index in [-0.39, 0.29) is 0 Å². The Morgan fingerprint density at radius 3 is 2.48 bits per heavy atom. The normalized spacial score (nSPS) is 10.6. The molecular formula is C21H20N2O3S. The van der Waals surface area contributed by atoms with Crippen molar-refractivity contribution < 1.29 is 14.6 Å². The summed E-state index contributed by atoms with van der Waals surface area (Å²) in [6.45, 7) is 2.57. The minimum absolute atomic E-state index is 0.339. The van der Waals surface area contributed by atoms with E-state index < -0.39 is 5.97 Å². The third-order valence-corrected chi connectivity index (χ3v) is 4.79. The molecule has 1 heterocycles. The number of hydrogen-bond acceptors (Lipinski definition) is 5. The van der Waals surface area contributed by atoms with Gasteiger partial charge in [0.15, 0.2) is 0 Å². The first-order valence-corrected chi connectivity index (χ1v) is 9.34. The Morgan fingerprint density at radius 2 is 1.78 bits per heavy atom. The maximum Gasteiger partial charge on any atom is 0.335 e. The molecule has 0 fully saturated rings. The summed E-state index contributed by atoms with van der Waals surface area (Å²) < 4.78 is 9.03. The van der Waals surface area contributed by atoms with Gasteiger partial charge in [-0.2, -0.15) is 0 Å². The van der Waals surface area contributed by atoms with Crippen LogP contribution in [0.3, 0.4) is 0 Å². The first-order valence-electron chi connectivity index (χ1n) is 8.52. The molecule has 0 aliphatic carbocycles. The fourth-order valence-electron chi connectivity index (χ4n) is 2.49. The van der Waals surface area contributed by atoms with Crippen LogP contribution >= 0.6 is 11.9 Å². The number of hydrogen-bond donors (Lipinski definition) is 2. The van der Waals surface area contributed by atoms with E-state index >= 15 is 0 Å². The quantitative estimate of drug-likeness (QED) is 0.435. The van der Waals surface area contributed by atoms with Crippen LogP contribution in [-0.2, 0) is 6.42 Å². The van der Waals surface area contributed by atoms with Gasteiger partial charge in [0, 0.05) is 23.8 Å². The van der Waals surface area contributed by atoms with E-state index in [1.807, 2.05) is 48.5 Å². The summed E-state index contributed by atoms with van der Waals surface area (Å²) in [5.74, 6) is 0.645. The predicted molar refractivity (Wildman–Crippen MR) is 106 cm³/mol. The third-order valence-electron chi connectivity index (χ3n) is 3.95. The maximum absolute atomic E-state index is 11.2. The van der Waals surface area contributed by atoms with Gasteiger partial charge in [0.1, 0.15) is 11.5 Å². The molecule has 3 aromatic rings. The lowest BCUT2D eigenvalue weighted by Crippen LogP contribution is -2.08. The van der Waals surface area contributed by atoms with Crippen molar-refractivity contribution in [3.05, 3.63) is 83.7 Å². The van der Waals surface area contributed by atoms with Crippen LogP contribution in [0, 0.1) is 6.92 Å². The summed E-state index contributed by atoms with van der Waals surface area (Å²) in [6.07, 6.45) is 4.25. The van der Waals surface area contributed by atoms with Crippen molar-refractivity contribution in [1.82, 2.24) is 9.71 Å². The van der Waals surface area contributed by atoms with Crippen LogP contribution in [0.2, 0.25) is 0 Å². The molecule has 5 nitrogen and oxygen atoms in total. The Bertz CT molecular complexity index is 899. The largest absolute Gasteiger partial charge is 0.478 e. The van der Waals surface area contributed by atoms with Crippen LogP contribution in [0.15, 0.2) is 71.9 Å². The van der Waals surface area contributed by atoms with Crippen molar-refractivity contribution in [3.63, 3.8) is 0 Å². The van der Waals surface area contributed by atoms with Crippen LogP contribution in [0.1, 0.15) is 21.5 Å². The van der Waals surface area contributed by atoms with Gasteiger partial charge in [-0.15, -0.1) is 0 Å². The minimum atomic E-state index is -0.899. The standard InChI is InChI=1S/C21H20N2O3S/c1-15-2-7-19(14-20(15)21(24)25)27-23-13-8-16-3-5-17(6-4-16)26-18-9-11-22-12-10-18/h2-7,9-12,14,23H,8,13H2,1H3,(H,24,25). The molecule has 0 saturated carbocycles. The highest BCUT2D eigenvalue weighted by atomic mass is 32.2. The highest BCUT2D eigenvalue weighted by Gasteiger charge is 2.08. The van der Waals surface area contributed by atoms with E-state index in [0.29, 0.717) is 5.56 Å². The molecule has 27 heavy (non-hydrogen) atoms. The molecule has 0 aliphatic heterocycles. The predicted octanol–water partition coefficient (Wildman–Crippen LogP) is 4.72. The summed E-state index contributed by atoms with van der Waals surface area (Å²) in [6, 6.07) is 17.0. The fraction of sp³-hybridized carbons (Fsp3) is 0.143. The number of aromatic carboxylic acids is 1. The molecule has 138 valence electrons. The second kappa shape index (κ2) is 9.21. The van der Waals surface area contributed by atoms with Crippen molar-refractivity contribution in [1.29, 1.82) is 0 Å². The van der Waals surface area contributed by atoms with Crippen LogP contribution in [0.4, 0.5) is 0 Å². The average molecular weight is 380 g/mol. The fourth-order valence-corrected chi connectivity index (χ4v) is 3.17. The Morgan fingerprint density at radius 1 is 1.07 bits per heavy atom. The molecule has 2 aromatic carbocycles. The van der Waals surface area contributed by atoms with E-state index in [4.69, 9.17) is 4.74 Å². The van der Waals surface area contributed by atoms with Gasteiger partial charge in [-0.1, -0.05) is 18.2 Å². The van der Waals surface area contributed by atoms with Crippen LogP contribution in [-0.4, -0.2) is 22.6 Å². The van der Waals surface area contributed by atoms with Gasteiger partial charge in [0.2, 0.25) is 0 Å². The van der Waals surface area contributed by atoms with Gasteiger partial charge in [-0.3, -0.25) is 9.71 Å². The number of nitrogens with one attached hydrogen (secondary N) is 1. The summed E-state index contributed by atoms with van der Waals surface area (Å²) in [4.78, 5) is 16.0. The van der Waals surface area contributed by atoms with E-state index in [0.717, 1.165) is 34.9 Å². The van der Waals surface area contributed by atoms with Gasteiger partial charge >= 0.3 is 5.97 Å². The number of aromatic nitrogens is 1. The van der Waals surface area contributed by atoms with Crippen molar-refractivity contribution in [3.8, 4) is 11.5 Å². The first-order chi connectivity index (χ1) is 13.1. The topological polar surface area (TPSA) is 71.5 Å². The summed E-state index contributed by atoms with van der Waals surface area (Å²) in [5, 5.41) is 9.18. The SMILES string of the molecule is Cc1ccc(SNCCc2ccc(Oc3ccncc3)cc2)cc1C(=O)O. The van der Waals surface area contributed by atoms with Crippen LogP contribution < -0.4 is 9.46 Å². The number of aryl methyl sites for hydroxylation is 1. The number of ether oxygens (including phenoxy) is 1. The molecule has 0 spiro atoms. The number of rotatable bonds is 8. The van der Waals surface area contributed by atoms with Crippen LogP contribution in [0.5, 0.6) is 11.5 Å². The lowest BCUT2D eigenvalue weighted by Gasteiger charge is -2.08. The third kappa shape index (κ3) is 5.57. The van der Waals surface area contributed by atoms with Gasteiger partial charge < -0.3 is 9.84 Å². The zero-order valence-electron chi connectivity index (χ0n) is 14.9. The molecule has 0 bridgehead atoms. The number of pyridine rings is 1. The maximum atomic E-state index is 11.2. The van der Waals surface area contributed by atoms with E-state index in [1.165, 1.54) is 17.5 Å². The molecule has 0 saturated heterocycles. The van der Waals surface area contributed by atoms with Crippen molar-refractivity contribution in [2.24, 2.45) is 0 Å². The average Bonchev–Trinajstić information content (AvgIpc) is 2.68. The van der Waals surface area contributed by atoms with Gasteiger partial charge in [0.25, 0.3) is 0 Å². The number of benzene rings is 2. The van der Waals surface area contributed by atoms with Crippen LogP contribution in [0.25, 0.3) is 0 Å². The lowest BCUT2D eigenvalue weighted by atomic mass is 10.1. The molecule has 6 heteroatoms. The van der Waals surface area contributed by atoms with Gasteiger partial charge in [0.05, 0.1) is 5.56 Å². The zero-order valence-corrected chi connectivity index (χ0v) is 15.7. The lowest BCUT2D eigenvalue weighted by molar-refractivity contribution is 0.0696. The molecule has 2 N–H and O–H groups in total. The molecular weight excluding hydrogens is 360 g/mol. The van der Waals surface area contributed by atoms with E-state index in [1.54, 1.807) is 25.4 Å². The highest BCUT2D eigenvalue weighted by Crippen LogP contribution is 2.21. The Labute approximate surface area is 162 Å². The van der Waals surface area contributed by atoms with Gasteiger partial charge in [-0.05, 0) is 72.8 Å². The minimum Gasteiger partial charge on any atom is -0.478 e. The Hall–Kier alpha value is -2.83. The smallest absolute Gasteiger partial charge is 0.335 e. The van der Waals surface area contributed by atoms with Crippen molar-refractivity contribution in [2.45, 2.75) is 18.2 Å². The Balaban J connectivity index is 1.47. The number of carboxylic acids is 1. The molecule has 1 aromatic heterocycles. The highest BCUT2D eigenvalue weighted by molar-refractivity contribution is 7.97. The summed E-state index contributed by atoms with van der Waals surface area (Å²) in [7, 11) is 0. The summed E-state index contributed by atoms with van der Waals surface area (Å²) >= 11 is 1.44. The van der Waals surface area contributed by atoms with Crippen molar-refractivity contribution >= 4 is 17.9 Å². The first kappa shape index (κ1) is 18.9. The number of nitrogens with zero attached hydrogens (tertiary/aromatic N) is 1. The number of carbonyl (C=O) groups is 1. The van der Waals surface area contributed by atoms with E-state index in [2.05, 4.69) is 9.71 Å². The molecule has 0 unspecified atom stereocenters. The van der Waals surface area contributed by atoms with Gasteiger partial charge in [-0.25, -0.2) is 4.79 Å². The van der Waals surface area contributed by atoms with E-state index in [9.17, 15) is 9.90 Å². The summed E-state index contributed by atoms with van der Waals surface area (Å²) in [5.41, 5.74) is 2.30.